The molecular formula is C23H22N4. The van der Waals surface area contributed by atoms with Gasteiger partial charge in [0.05, 0.1) is 16.6 Å². The van der Waals surface area contributed by atoms with Crippen LogP contribution in [0.1, 0.15) is 34.7 Å². The van der Waals surface area contributed by atoms with E-state index in [9.17, 15) is 5.26 Å². The number of nitriles is 1. The number of aromatic nitrogens is 2. The van der Waals surface area contributed by atoms with E-state index in [-0.39, 0.29) is 0 Å². The molecule has 1 N–H and O–H groups in total. The molecule has 0 unspecified atom stereocenters. The fraction of sp³-hybridized carbons (Fsp3) is 0.217. The van der Waals surface area contributed by atoms with Crippen molar-refractivity contribution in [3.8, 4) is 6.07 Å². The van der Waals surface area contributed by atoms with Crippen molar-refractivity contribution in [1.82, 2.24) is 9.38 Å². The fourth-order valence-corrected chi connectivity index (χ4v) is 3.93. The third-order valence-electron chi connectivity index (χ3n) is 5.07. The summed E-state index contributed by atoms with van der Waals surface area (Å²) >= 11 is 0. The van der Waals surface area contributed by atoms with Gasteiger partial charge in [0.25, 0.3) is 0 Å². The minimum atomic E-state index is 0.647. The molecule has 2 aromatic heterocycles. The van der Waals surface area contributed by atoms with Gasteiger partial charge in [-0.2, -0.15) is 5.26 Å². The van der Waals surface area contributed by atoms with Crippen molar-refractivity contribution in [1.29, 1.82) is 5.26 Å². The van der Waals surface area contributed by atoms with Crippen LogP contribution in [0, 0.1) is 32.1 Å². The predicted molar refractivity (Wildman–Crippen MR) is 111 cm³/mol. The van der Waals surface area contributed by atoms with Crippen molar-refractivity contribution in [2.24, 2.45) is 0 Å². The lowest BCUT2D eigenvalue weighted by Gasteiger charge is -2.18. The van der Waals surface area contributed by atoms with E-state index in [4.69, 9.17) is 4.98 Å². The molecule has 4 aromatic rings. The largest absolute Gasteiger partial charge is 0.341 e. The number of fused-ring (bicyclic) bond motifs is 3. The van der Waals surface area contributed by atoms with E-state index in [1.807, 2.05) is 25.1 Å². The molecule has 0 aliphatic carbocycles. The monoisotopic (exact) mass is 354 g/mol. The lowest BCUT2D eigenvalue weighted by molar-refractivity contribution is 1.05. The minimum Gasteiger partial charge on any atom is -0.341 e. The third kappa shape index (κ3) is 2.72. The normalized spacial score (nSPS) is 11.1. The molecule has 0 atom stereocenters. The van der Waals surface area contributed by atoms with Gasteiger partial charge in [-0.1, -0.05) is 25.1 Å². The highest BCUT2D eigenvalue weighted by Crippen LogP contribution is 2.33. The number of aryl methyl sites for hydroxylation is 2. The second kappa shape index (κ2) is 6.44. The van der Waals surface area contributed by atoms with Crippen molar-refractivity contribution in [3.63, 3.8) is 0 Å². The van der Waals surface area contributed by atoms with Crippen LogP contribution in [0.4, 0.5) is 11.5 Å². The van der Waals surface area contributed by atoms with Crippen molar-refractivity contribution >= 4 is 28.2 Å². The Kier molecular flexibility index (Phi) is 4.08. The number of hydrogen-bond acceptors (Lipinski definition) is 3. The summed E-state index contributed by atoms with van der Waals surface area (Å²) in [5, 5.41) is 13.4. The van der Waals surface area contributed by atoms with Crippen molar-refractivity contribution in [2.75, 3.05) is 5.32 Å². The first-order valence-electron chi connectivity index (χ1n) is 9.21. The highest BCUT2D eigenvalue weighted by molar-refractivity contribution is 5.87. The summed E-state index contributed by atoms with van der Waals surface area (Å²) in [7, 11) is 0. The highest BCUT2D eigenvalue weighted by Gasteiger charge is 2.20. The lowest BCUT2D eigenvalue weighted by atomic mass is 10.0. The van der Waals surface area contributed by atoms with Crippen LogP contribution in [-0.4, -0.2) is 9.38 Å². The number of pyridine rings is 1. The molecule has 0 aliphatic heterocycles. The first kappa shape index (κ1) is 17.1. The standard InChI is InChI=1S/C23H22N4/c1-5-18-16(4)19(13-24)23-26-20-8-6-7-9-21(20)27(23)22(18)25-17-11-14(2)10-15(3)12-17/h6-12,25H,5H2,1-4H3. The Hall–Kier alpha value is -3.32. The van der Waals surface area contributed by atoms with Crippen LogP contribution in [0.2, 0.25) is 0 Å². The van der Waals surface area contributed by atoms with Crippen LogP contribution < -0.4 is 5.32 Å². The summed E-state index contributed by atoms with van der Waals surface area (Å²) in [5.74, 6) is 0.989. The third-order valence-corrected chi connectivity index (χ3v) is 5.07. The lowest BCUT2D eigenvalue weighted by Crippen LogP contribution is -2.08. The van der Waals surface area contributed by atoms with Crippen LogP contribution in [-0.2, 0) is 6.42 Å². The maximum atomic E-state index is 9.79. The maximum absolute atomic E-state index is 9.79. The Morgan fingerprint density at radius 3 is 2.44 bits per heavy atom. The molecule has 4 rings (SSSR count). The molecule has 0 spiro atoms. The predicted octanol–water partition coefficient (Wildman–Crippen LogP) is 5.59. The number of nitrogens with one attached hydrogen (secondary N) is 1. The summed E-state index contributed by atoms with van der Waals surface area (Å²) < 4.78 is 2.09. The van der Waals surface area contributed by atoms with Crippen molar-refractivity contribution in [3.05, 3.63) is 70.3 Å². The van der Waals surface area contributed by atoms with Gasteiger partial charge in [0.15, 0.2) is 5.65 Å². The molecule has 0 saturated heterocycles. The zero-order chi connectivity index (χ0) is 19.1. The molecule has 0 saturated carbocycles. The molecule has 2 aromatic carbocycles. The molecule has 0 aliphatic rings. The topological polar surface area (TPSA) is 53.1 Å². The molecule has 0 amide bonds. The SMILES string of the molecule is CCc1c(C)c(C#N)c2nc3ccccc3n2c1Nc1cc(C)cc(C)c1. The van der Waals surface area contributed by atoms with Gasteiger partial charge in [-0.25, -0.2) is 4.98 Å². The van der Waals surface area contributed by atoms with Gasteiger partial charge in [0, 0.05) is 5.69 Å². The summed E-state index contributed by atoms with van der Waals surface area (Å²) in [6.07, 6.45) is 0.829. The fourth-order valence-electron chi connectivity index (χ4n) is 3.93. The van der Waals surface area contributed by atoms with Crippen molar-refractivity contribution in [2.45, 2.75) is 34.1 Å². The van der Waals surface area contributed by atoms with E-state index in [0.29, 0.717) is 11.2 Å². The number of nitrogens with zero attached hydrogens (tertiary/aromatic N) is 3. The summed E-state index contributed by atoms with van der Waals surface area (Å²) in [4.78, 5) is 4.76. The molecule has 27 heavy (non-hydrogen) atoms. The molecule has 0 radical (unpaired) electrons. The number of anilines is 2. The summed E-state index contributed by atoms with van der Waals surface area (Å²) in [6.45, 7) is 8.35. The van der Waals surface area contributed by atoms with E-state index in [1.54, 1.807) is 0 Å². The quantitative estimate of drug-likeness (QED) is 0.522. The average molecular weight is 354 g/mol. The van der Waals surface area contributed by atoms with Crippen LogP contribution in [0.25, 0.3) is 16.7 Å². The first-order valence-corrected chi connectivity index (χ1v) is 9.21. The van der Waals surface area contributed by atoms with E-state index >= 15 is 0 Å². The highest BCUT2D eigenvalue weighted by atomic mass is 15.1. The molecule has 134 valence electrons. The molecule has 2 heterocycles. The number of imidazole rings is 1. The van der Waals surface area contributed by atoms with Crippen LogP contribution in [0.15, 0.2) is 42.5 Å². The maximum Gasteiger partial charge on any atom is 0.157 e. The van der Waals surface area contributed by atoms with Crippen LogP contribution >= 0.6 is 0 Å². The molecule has 0 fully saturated rings. The van der Waals surface area contributed by atoms with Gasteiger partial charge in [-0.15, -0.1) is 0 Å². The van der Waals surface area contributed by atoms with E-state index in [2.05, 4.69) is 60.8 Å². The van der Waals surface area contributed by atoms with Gasteiger partial charge in [0.2, 0.25) is 0 Å². The second-order valence-corrected chi connectivity index (χ2v) is 7.05. The second-order valence-electron chi connectivity index (χ2n) is 7.05. The Bertz CT molecular complexity index is 1200. The number of rotatable bonds is 3. The Balaban J connectivity index is 2.10. The number of hydrogen-bond donors (Lipinski definition) is 1. The van der Waals surface area contributed by atoms with E-state index in [0.717, 1.165) is 40.1 Å². The molecular weight excluding hydrogens is 332 g/mol. The number of para-hydroxylation sites is 2. The van der Waals surface area contributed by atoms with Crippen molar-refractivity contribution < 1.29 is 0 Å². The zero-order valence-electron chi connectivity index (χ0n) is 16.1. The van der Waals surface area contributed by atoms with Gasteiger partial charge in [0.1, 0.15) is 11.9 Å². The summed E-state index contributed by atoms with van der Waals surface area (Å²) in [6, 6.07) is 16.9. The molecule has 4 heteroatoms. The van der Waals surface area contributed by atoms with Crippen LogP contribution in [0.3, 0.4) is 0 Å². The molecule has 4 nitrogen and oxygen atoms in total. The summed E-state index contributed by atoms with van der Waals surface area (Å²) in [5.41, 5.74) is 8.87. The minimum absolute atomic E-state index is 0.647. The van der Waals surface area contributed by atoms with E-state index in [1.165, 1.54) is 11.1 Å². The number of benzene rings is 2. The van der Waals surface area contributed by atoms with E-state index < -0.39 is 0 Å². The Labute approximate surface area is 159 Å². The Morgan fingerprint density at radius 2 is 1.78 bits per heavy atom. The zero-order valence-corrected chi connectivity index (χ0v) is 16.1. The smallest absolute Gasteiger partial charge is 0.157 e. The van der Waals surface area contributed by atoms with Gasteiger partial charge < -0.3 is 5.32 Å². The van der Waals surface area contributed by atoms with Gasteiger partial charge >= 0.3 is 0 Å². The molecule has 0 bridgehead atoms. The van der Waals surface area contributed by atoms with Crippen LogP contribution in [0.5, 0.6) is 0 Å². The average Bonchev–Trinajstić information content (AvgIpc) is 3.00. The Morgan fingerprint density at radius 1 is 1.07 bits per heavy atom. The first-order chi connectivity index (χ1) is 13.0. The van der Waals surface area contributed by atoms with Gasteiger partial charge in [-0.05, 0) is 73.7 Å². The van der Waals surface area contributed by atoms with Gasteiger partial charge in [-0.3, -0.25) is 4.40 Å².